The first-order chi connectivity index (χ1) is 9.85. The minimum Gasteiger partial charge on any atom is -0.507 e. The molecule has 0 unspecified atom stereocenters. The third kappa shape index (κ3) is 2.50. The van der Waals surface area contributed by atoms with Crippen LogP contribution in [0.2, 0.25) is 0 Å². The second-order valence-electron chi connectivity index (χ2n) is 4.76. The third-order valence-electron chi connectivity index (χ3n) is 3.29. The molecule has 8 nitrogen and oxygen atoms in total. The molecule has 0 saturated carbocycles. The molecule has 0 atom stereocenters. The Labute approximate surface area is 126 Å². The Hall–Kier alpha value is -1.88. The highest BCUT2D eigenvalue weighted by molar-refractivity contribution is 7.86. The second-order valence-corrected chi connectivity index (χ2v) is 7.54. The maximum absolute atomic E-state index is 11.4. The molecule has 0 aliphatic rings. The molecule has 2 aromatic rings. The van der Waals surface area contributed by atoms with Gasteiger partial charge in [-0.25, -0.2) is 0 Å². The first kappa shape index (κ1) is 16.5. The number of hydrogen-bond acceptors (Lipinski definition) is 6. The van der Waals surface area contributed by atoms with E-state index in [1.165, 1.54) is 13.8 Å². The largest absolute Gasteiger partial charge is 0.507 e. The van der Waals surface area contributed by atoms with Crippen molar-refractivity contribution in [1.82, 2.24) is 0 Å². The van der Waals surface area contributed by atoms with Gasteiger partial charge in [0.15, 0.2) is 0 Å². The van der Waals surface area contributed by atoms with Gasteiger partial charge in [0.1, 0.15) is 21.3 Å². The van der Waals surface area contributed by atoms with Crippen molar-refractivity contribution in [3.8, 4) is 11.5 Å². The van der Waals surface area contributed by atoms with Crippen molar-refractivity contribution < 1.29 is 36.2 Å². The van der Waals surface area contributed by atoms with Gasteiger partial charge in [-0.2, -0.15) is 16.8 Å². The average molecular weight is 348 g/mol. The van der Waals surface area contributed by atoms with Crippen molar-refractivity contribution in [3.63, 3.8) is 0 Å². The van der Waals surface area contributed by atoms with E-state index >= 15 is 0 Å². The zero-order valence-corrected chi connectivity index (χ0v) is 13.0. The number of rotatable bonds is 2. The van der Waals surface area contributed by atoms with Gasteiger partial charge >= 0.3 is 0 Å². The monoisotopic (exact) mass is 348 g/mol. The van der Waals surface area contributed by atoms with Crippen LogP contribution in [-0.4, -0.2) is 36.2 Å². The molecule has 0 fully saturated rings. The van der Waals surface area contributed by atoms with Gasteiger partial charge in [0.2, 0.25) is 0 Å². The molecule has 0 aliphatic heterocycles. The Morgan fingerprint density at radius 1 is 0.818 bits per heavy atom. The normalized spacial score (nSPS) is 12.7. The molecule has 2 aromatic carbocycles. The highest BCUT2D eigenvalue weighted by Gasteiger charge is 2.25. The maximum atomic E-state index is 11.4. The molecule has 120 valence electrons. The zero-order valence-electron chi connectivity index (χ0n) is 11.4. The fourth-order valence-electron chi connectivity index (χ4n) is 2.20. The molecule has 0 amide bonds. The van der Waals surface area contributed by atoms with Crippen LogP contribution < -0.4 is 0 Å². The van der Waals surface area contributed by atoms with Crippen molar-refractivity contribution >= 4 is 31.0 Å². The summed E-state index contributed by atoms with van der Waals surface area (Å²) in [7, 11) is -9.51. The van der Waals surface area contributed by atoms with Gasteiger partial charge in [-0.15, -0.1) is 0 Å². The number of phenolic OH excluding ortho intramolecular Hbond substituents is 2. The highest BCUT2D eigenvalue weighted by atomic mass is 32.2. The number of benzene rings is 2. The molecule has 0 aromatic heterocycles. The molecule has 0 spiro atoms. The zero-order chi connectivity index (χ0) is 17.0. The van der Waals surface area contributed by atoms with Crippen LogP contribution >= 0.6 is 0 Å². The van der Waals surface area contributed by atoms with E-state index in [0.29, 0.717) is 0 Å². The van der Waals surface area contributed by atoms with Crippen LogP contribution in [0.4, 0.5) is 0 Å². The lowest BCUT2D eigenvalue weighted by Gasteiger charge is -2.14. The predicted molar refractivity (Wildman–Crippen MR) is 76.4 cm³/mol. The van der Waals surface area contributed by atoms with Gasteiger partial charge < -0.3 is 10.2 Å². The highest BCUT2D eigenvalue weighted by Crippen LogP contribution is 2.42. The lowest BCUT2D eigenvalue weighted by molar-refractivity contribution is 0.454. The summed E-state index contributed by atoms with van der Waals surface area (Å²) in [5.74, 6) is -1.18. The lowest BCUT2D eigenvalue weighted by Crippen LogP contribution is -2.05. The summed E-state index contributed by atoms with van der Waals surface area (Å²) in [5.41, 5.74) is -0.216. The van der Waals surface area contributed by atoms with E-state index < -0.39 is 46.9 Å². The van der Waals surface area contributed by atoms with Crippen molar-refractivity contribution in [1.29, 1.82) is 0 Å². The Balaban J connectivity index is 3.22. The molecule has 0 radical (unpaired) electrons. The summed E-state index contributed by atoms with van der Waals surface area (Å²) in [6.07, 6.45) is 0. The van der Waals surface area contributed by atoms with Crippen molar-refractivity contribution in [2.24, 2.45) is 0 Å². The quantitative estimate of drug-likeness (QED) is 0.594. The minimum absolute atomic E-state index is 0.0504. The Bertz CT molecular complexity index is 1000. The van der Waals surface area contributed by atoms with Crippen molar-refractivity contribution in [3.05, 3.63) is 23.3 Å². The molecule has 22 heavy (non-hydrogen) atoms. The van der Waals surface area contributed by atoms with Gasteiger partial charge in [-0.05, 0) is 31.5 Å². The van der Waals surface area contributed by atoms with Gasteiger partial charge in [-0.1, -0.05) is 0 Å². The molecule has 0 aliphatic carbocycles. The fraction of sp³-hybridized carbons (Fsp3) is 0.167. The van der Waals surface area contributed by atoms with Gasteiger partial charge in [-0.3, -0.25) is 9.11 Å². The minimum atomic E-state index is -4.76. The first-order valence-electron chi connectivity index (χ1n) is 5.79. The molecule has 2 rings (SSSR count). The van der Waals surface area contributed by atoms with Gasteiger partial charge in [0.05, 0.1) is 5.39 Å². The SMILES string of the molecule is Cc1cc(S(=O)(=O)O)c2cc(S(=O)(=O)O)c(C)c(O)c2c1O. The summed E-state index contributed by atoms with van der Waals surface area (Å²) in [6, 6.07) is 1.69. The van der Waals surface area contributed by atoms with E-state index in [1.807, 2.05) is 0 Å². The number of phenols is 2. The maximum Gasteiger partial charge on any atom is 0.295 e. The van der Waals surface area contributed by atoms with Gasteiger partial charge in [0.25, 0.3) is 20.2 Å². The third-order valence-corrected chi connectivity index (χ3v) is 5.16. The summed E-state index contributed by atoms with van der Waals surface area (Å²) in [4.78, 5) is -1.43. The fourth-order valence-corrected chi connectivity index (χ4v) is 3.71. The van der Waals surface area contributed by atoms with Crippen LogP contribution in [-0.2, 0) is 20.2 Å². The standard InChI is InChI=1S/C12H12O8S2/c1-5-3-9(22(18,19)20)7-4-8(21(15,16)17)6(2)12(14)10(7)11(5)13/h3-4,13-14H,1-2H3,(H,15,16,17)(H,18,19,20). The van der Waals surface area contributed by atoms with Crippen molar-refractivity contribution in [2.75, 3.05) is 0 Å². The number of fused-ring (bicyclic) bond motifs is 1. The van der Waals surface area contributed by atoms with Crippen LogP contribution in [0.25, 0.3) is 10.8 Å². The number of aryl methyl sites for hydroxylation is 1. The summed E-state index contributed by atoms with van der Waals surface area (Å²) in [5, 5.41) is 19.3. The number of aromatic hydroxyl groups is 2. The van der Waals surface area contributed by atoms with Crippen LogP contribution in [0.1, 0.15) is 11.1 Å². The van der Waals surface area contributed by atoms with E-state index in [1.54, 1.807) is 0 Å². The van der Waals surface area contributed by atoms with Crippen LogP contribution in [0.5, 0.6) is 11.5 Å². The molecule has 0 heterocycles. The number of hydrogen-bond donors (Lipinski definition) is 4. The van der Waals surface area contributed by atoms with Crippen molar-refractivity contribution in [2.45, 2.75) is 23.6 Å². The molecule has 4 N–H and O–H groups in total. The lowest BCUT2D eigenvalue weighted by atomic mass is 10.0. The average Bonchev–Trinajstić information content (AvgIpc) is 2.34. The smallest absolute Gasteiger partial charge is 0.295 e. The van der Waals surface area contributed by atoms with Gasteiger partial charge in [0, 0.05) is 10.9 Å². The Kier molecular flexibility index (Phi) is 3.61. The molecular weight excluding hydrogens is 336 g/mol. The van der Waals surface area contributed by atoms with E-state index in [-0.39, 0.29) is 16.5 Å². The molecular formula is C12H12O8S2. The van der Waals surface area contributed by atoms with E-state index in [2.05, 4.69) is 0 Å². The molecule has 0 saturated heterocycles. The van der Waals surface area contributed by atoms with Crippen LogP contribution in [0.3, 0.4) is 0 Å². The van der Waals surface area contributed by atoms with E-state index in [9.17, 15) is 31.6 Å². The second kappa shape index (κ2) is 4.81. The topological polar surface area (TPSA) is 149 Å². The molecule has 10 heteroatoms. The first-order valence-corrected chi connectivity index (χ1v) is 8.67. The Morgan fingerprint density at radius 2 is 1.32 bits per heavy atom. The summed E-state index contributed by atoms with van der Waals surface area (Å²) in [6.45, 7) is 2.52. The Morgan fingerprint density at radius 3 is 1.77 bits per heavy atom. The van der Waals surface area contributed by atoms with Crippen LogP contribution in [0.15, 0.2) is 21.9 Å². The summed E-state index contributed by atoms with van der Waals surface area (Å²) >= 11 is 0. The molecule has 0 bridgehead atoms. The van der Waals surface area contributed by atoms with E-state index in [0.717, 1.165) is 12.1 Å². The van der Waals surface area contributed by atoms with Crippen LogP contribution in [0, 0.1) is 13.8 Å². The predicted octanol–water partition coefficient (Wildman–Crippen LogP) is 1.36. The summed E-state index contributed by atoms with van der Waals surface area (Å²) < 4.78 is 64.0. The van der Waals surface area contributed by atoms with E-state index in [4.69, 9.17) is 4.55 Å².